The van der Waals surface area contributed by atoms with Crippen LogP contribution in [0.3, 0.4) is 0 Å². The topological polar surface area (TPSA) is 56.7 Å². The minimum Gasteiger partial charge on any atom is -0.357 e. The zero-order chi connectivity index (χ0) is 17.9. The average Bonchev–Trinajstić information content (AvgIpc) is 3.15. The highest BCUT2D eigenvalue weighted by Crippen LogP contribution is 2.12. The minimum atomic E-state index is 0. The van der Waals surface area contributed by atoms with Crippen molar-refractivity contribution in [2.45, 2.75) is 32.4 Å². The van der Waals surface area contributed by atoms with Crippen molar-refractivity contribution < 1.29 is 4.79 Å². The van der Waals surface area contributed by atoms with Gasteiger partial charge in [0.25, 0.3) is 0 Å². The number of guanidine groups is 1. The van der Waals surface area contributed by atoms with E-state index in [4.69, 9.17) is 0 Å². The number of carbonyl (C=O) groups excluding carboxylic acids is 1. The maximum absolute atomic E-state index is 12.1. The molecule has 0 aliphatic carbocycles. The molecule has 7 heteroatoms. The van der Waals surface area contributed by atoms with Crippen LogP contribution in [0.2, 0.25) is 0 Å². The predicted octanol–water partition coefficient (Wildman–Crippen LogP) is 3.02. The van der Waals surface area contributed by atoms with Crippen LogP contribution >= 0.6 is 35.7 Å². The molecule has 0 aromatic heterocycles. The lowest BCUT2D eigenvalue weighted by molar-refractivity contribution is -0.128. The Morgan fingerprint density at radius 2 is 1.88 bits per heavy atom. The van der Waals surface area contributed by atoms with E-state index < -0.39 is 0 Å². The van der Waals surface area contributed by atoms with Crippen molar-refractivity contribution in [3.63, 3.8) is 0 Å². The van der Waals surface area contributed by atoms with E-state index in [1.807, 2.05) is 23.6 Å². The molecular formula is C19H31IN4OS. The first kappa shape index (κ1) is 23.1. The maximum atomic E-state index is 12.1. The number of hydrogen-bond donors (Lipinski definition) is 2. The molecule has 2 N–H and O–H groups in total. The minimum absolute atomic E-state index is 0. The summed E-state index contributed by atoms with van der Waals surface area (Å²) in [5, 5.41) is 6.51. The van der Waals surface area contributed by atoms with E-state index in [0.717, 1.165) is 56.5 Å². The Hall–Kier alpha value is -0.960. The summed E-state index contributed by atoms with van der Waals surface area (Å²) >= 11 is 1.90. The molecule has 1 aliphatic heterocycles. The van der Waals surface area contributed by atoms with Crippen molar-refractivity contribution in [3.8, 4) is 0 Å². The molecule has 1 fully saturated rings. The van der Waals surface area contributed by atoms with Crippen LogP contribution in [0, 0.1) is 6.92 Å². The fourth-order valence-electron chi connectivity index (χ4n) is 2.67. The number of benzene rings is 1. The molecule has 2 rings (SSSR count). The van der Waals surface area contributed by atoms with E-state index >= 15 is 0 Å². The summed E-state index contributed by atoms with van der Waals surface area (Å²) in [6.07, 6.45) is 2.23. The number of thioether (sulfide) groups is 1. The van der Waals surface area contributed by atoms with Crippen molar-refractivity contribution in [1.29, 1.82) is 0 Å². The zero-order valence-corrected chi connectivity index (χ0v) is 18.9. The average molecular weight is 490 g/mol. The summed E-state index contributed by atoms with van der Waals surface area (Å²) in [6, 6.07) is 8.68. The molecule has 146 valence electrons. The molecule has 0 atom stereocenters. The van der Waals surface area contributed by atoms with Gasteiger partial charge in [-0.2, -0.15) is 11.8 Å². The van der Waals surface area contributed by atoms with Gasteiger partial charge in [-0.1, -0.05) is 29.8 Å². The first-order valence-corrected chi connectivity index (χ1v) is 10.3. The number of carbonyl (C=O) groups is 1. The van der Waals surface area contributed by atoms with E-state index in [1.54, 1.807) is 0 Å². The third-order valence-electron chi connectivity index (χ3n) is 4.10. The second-order valence-corrected chi connectivity index (χ2v) is 7.35. The van der Waals surface area contributed by atoms with E-state index in [-0.39, 0.29) is 36.4 Å². The first-order valence-electron chi connectivity index (χ1n) is 9.12. The number of nitrogens with one attached hydrogen (secondary N) is 2. The lowest BCUT2D eigenvalue weighted by atomic mass is 10.2. The molecule has 0 radical (unpaired) electrons. The Bertz CT molecular complexity index is 559. The van der Waals surface area contributed by atoms with Crippen molar-refractivity contribution in [3.05, 3.63) is 35.4 Å². The Morgan fingerprint density at radius 1 is 1.19 bits per heavy atom. The second kappa shape index (κ2) is 13.2. The first-order chi connectivity index (χ1) is 12.2. The van der Waals surface area contributed by atoms with Gasteiger partial charge in [0.1, 0.15) is 6.54 Å². The van der Waals surface area contributed by atoms with Gasteiger partial charge in [-0.25, -0.2) is 4.99 Å². The lowest BCUT2D eigenvalue weighted by Gasteiger charge is -2.15. The van der Waals surface area contributed by atoms with Crippen LogP contribution < -0.4 is 10.6 Å². The molecular weight excluding hydrogens is 459 g/mol. The summed E-state index contributed by atoms with van der Waals surface area (Å²) in [6.45, 7) is 7.76. The van der Waals surface area contributed by atoms with Crippen molar-refractivity contribution in [1.82, 2.24) is 15.5 Å². The highest BCUT2D eigenvalue weighted by molar-refractivity contribution is 14.0. The molecule has 1 aromatic rings. The van der Waals surface area contributed by atoms with Gasteiger partial charge in [-0.3, -0.25) is 4.79 Å². The standard InChI is InChI=1S/C19H30N4OS.HI/c1-3-20-19(22-14-18(24)23-11-4-5-12-23)21-10-13-25-15-17-8-6-16(2)7-9-17;/h6-9H,3-5,10-15H2,1-2H3,(H2,20,21,22);1H. The third-order valence-corrected chi connectivity index (χ3v) is 5.13. The van der Waals surface area contributed by atoms with E-state index in [9.17, 15) is 4.79 Å². The molecule has 26 heavy (non-hydrogen) atoms. The molecule has 0 saturated carbocycles. The van der Waals surface area contributed by atoms with Gasteiger partial charge in [-0.15, -0.1) is 24.0 Å². The van der Waals surface area contributed by atoms with Crippen LogP contribution in [0.1, 0.15) is 30.9 Å². The zero-order valence-electron chi connectivity index (χ0n) is 15.8. The highest BCUT2D eigenvalue weighted by atomic mass is 127. The summed E-state index contributed by atoms with van der Waals surface area (Å²) in [5.41, 5.74) is 2.65. The molecule has 1 aliphatic rings. The summed E-state index contributed by atoms with van der Waals surface area (Å²) in [7, 11) is 0. The van der Waals surface area contributed by atoms with E-state index in [0.29, 0.717) is 0 Å². The smallest absolute Gasteiger partial charge is 0.244 e. The number of nitrogens with zero attached hydrogens (tertiary/aromatic N) is 2. The number of halogens is 1. The largest absolute Gasteiger partial charge is 0.357 e. The van der Waals surface area contributed by atoms with Crippen LogP contribution in [0.4, 0.5) is 0 Å². The lowest BCUT2D eigenvalue weighted by Crippen LogP contribution is -2.39. The van der Waals surface area contributed by atoms with Crippen molar-refractivity contribution in [2.24, 2.45) is 4.99 Å². The highest BCUT2D eigenvalue weighted by Gasteiger charge is 2.17. The van der Waals surface area contributed by atoms with Gasteiger partial charge in [0.05, 0.1) is 0 Å². The van der Waals surface area contributed by atoms with E-state index in [2.05, 4.69) is 46.8 Å². The van der Waals surface area contributed by atoms with Crippen molar-refractivity contribution >= 4 is 47.6 Å². The summed E-state index contributed by atoms with van der Waals surface area (Å²) in [5.74, 6) is 2.87. The third kappa shape index (κ3) is 8.62. The van der Waals surface area contributed by atoms with Crippen LogP contribution in [0.5, 0.6) is 0 Å². The second-order valence-electron chi connectivity index (χ2n) is 6.25. The Kier molecular flexibility index (Phi) is 11.8. The molecule has 0 bridgehead atoms. The van der Waals surface area contributed by atoms with Gasteiger partial charge in [0.15, 0.2) is 5.96 Å². The Morgan fingerprint density at radius 3 is 2.54 bits per heavy atom. The molecule has 0 unspecified atom stereocenters. The van der Waals surface area contributed by atoms with Gasteiger partial charge < -0.3 is 15.5 Å². The number of likely N-dealkylation sites (tertiary alicyclic amines) is 1. The number of aryl methyl sites for hydroxylation is 1. The predicted molar refractivity (Wildman–Crippen MR) is 123 cm³/mol. The summed E-state index contributed by atoms with van der Waals surface area (Å²) < 4.78 is 0. The molecule has 1 aromatic carbocycles. The van der Waals surface area contributed by atoms with Crippen LogP contribution in [0.25, 0.3) is 0 Å². The molecule has 1 amide bonds. The van der Waals surface area contributed by atoms with Gasteiger partial charge in [-0.05, 0) is 32.3 Å². The van der Waals surface area contributed by atoms with Crippen LogP contribution in [-0.4, -0.2) is 55.2 Å². The quantitative estimate of drug-likeness (QED) is 0.255. The molecule has 1 heterocycles. The van der Waals surface area contributed by atoms with Gasteiger partial charge in [0.2, 0.25) is 5.91 Å². The van der Waals surface area contributed by atoms with E-state index in [1.165, 1.54) is 11.1 Å². The number of rotatable bonds is 8. The van der Waals surface area contributed by atoms with Gasteiger partial charge in [0, 0.05) is 37.7 Å². The molecule has 0 spiro atoms. The molecule has 5 nitrogen and oxygen atoms in total. The SMILES string of the molecule is CCNC(=NCC(=O)N1CCCC1)NCCSCc1ccc(C)cc1.I. The molecule has 1 saturated heterocycles. The van der Waals surface area contributed by atoms with Gasteiger partial charge >= 0.3 is 0 Å². The Labute approximate surface area is 178 Å². The Balaban J connectivity index is 0.00000338. The van der Waals surface area contributed by atoms with Crippen LogP contribution in [-0.2, 0) is 10.5 Å². The summed E-state index contributed by atoms with van der Waals surface area (Å²) in [4.78, 5) is 18.4. The van der Waals surface area contributed by atoms with Crippen LogP contribution in [0.15, 0.2) is 29.3 Å². The fraction of sp³-hybridized carbons (Fsp3) is 0.579. The normalized spacial score (nSPS) is 14.1. The number of hydrogen-bond acceptors (Lipinski definition) is 3. The maximum Gasteiger partial charge on any atom is 0.244 e. The number of amides is 1. The fourth-order valence-corrected chi connectivity index (χ4v) is 3.49. The monoisotopic (exact) mass is 490 g/mol. The number of aliphatic imine (C=N–C) groups is 1. The van der Waals surface area contributed by atoms with Crippen molar-refractivity contribution in [2.75, 3.05) is 38.5 Å².